The zero-order valence-electron chi connectivity index (χ0n) is 8.03. The molecule has 15 heavy (non-hydrogen) atoms. The van der Waals surface area contributed by atoms with Gasteiger partial charge >= 0.3 is 0 Å². The third-order valence-corrected chi connectivity index (χ3v) is 2.89. The van der Waals surface area contributed by atoms with Crippen molar-refractivity contribution in [1.29, 1.82) is 0 Å². The Morgan fingerprint density at radius 3 is 2.60 bits per heavy atom. The van der Waals surface area contributed by atoms with E-state index in [4.69, 9.17) is 0 Å². The van der Waals surface area contributed by atoms with Crippen molar-refractivity contribution >= 4 is 0 Å². The van der Waals surface area contributed by atoms with Gasteiger partial charge < -0.3 is 0 Å². The molecule has 0 saturated heterocycles. The lowest BCUT2D eigenvalue weighted by atomic mass is 10.1. The fraction of sp³-hybridized carbons (Fsp3) is 0.0769. The molecule has 0 fully saturated rings. The summed E-state index contributed by atoms with van der Waals surface area (Å²) in [5.41, 5.74) is 4.45. The van der Waals surface area contributed by atoms with Gasteiger partial charge in [0.15, 0.2) is 5.75 Å². The molecule has 0 unspecified atom stereocenters. The molecule has 2 heteroatoms. The van der Waals surface area contributed by atoms with Crippen molar-refractivity contribution in [1.82, 2.24) is 0 Å². The number of fused-ring (bicyclic) bond motifs is 3. The van der Waals surface area contributed by atoms with E-state index in [9.17, 15) is 4.53 Å². The summed E-state index contributed by atoms with van der Waals surface area (Å²) in [7, 11) is 0. The Morgan fingerprint density at radius 2 is 1.73 bits per heavy atom. The van der Waals surface area contributed by atoms with Crippen LogP contribution in [-0.2, 0) is 6.42 Å². The van der Waals surface area contributed by atoms with E-state index in [0.29, 0.717) is 5.75 Å². The van der Waals surface area contributed by atoms with Crippen LogP contribution < -0.4 is 4.94 Å². The largest absolute Gasteiger partial charge is 0.294 e. The van der Waals surface area contributed by atoms with E-state index < -0.39 is 0 Å². The van der Waals surface area contributed by atoms with E-state index in [1.54, 1.807) is 6.07 Å². The normalized spacial score (nSPS) is 12.1. The van der Waals surface area contributed by atoms with Gasteiger partial charge in [0.1, 0.15) is 0 Å². The monoisotopic (exact) mass is 200 g/mol. The first-order chi connectivity index (χ1) is 7.40. The van der Waals surface area contributed by atoms with Crippen molar-refractivity contribution < 1.29 is 9.47 Å². The first kappa shape index (κ1) is 8.48. The smallest absolute Gasteiger partial charge is 0.176 e. The number of rotatable bonds is 1. The van der Waals surface area contributed by atoms with E-state index in [2.05, 4.69) is 17.1 Å². The second kappa shape index (κ2) is 3.09. The Balaban J connectivity index is 2.26. The third-order valence-electron chi connectivity index (χ3n) is 2.89. The molecule has 1 aliphatic carbocycles. The minimum Gasteiger partial charge on any atom is -0.294 e. The number of halogens is 1. The summed E-state index contributed by atoms with van der Waals surface area (Å²) in [6, 6.07) is 13.6. The van der Waals surface area contributed by atoms with E-state index in [1.807, 2.05) is 24.3 Å². The molecular formula is C13H9FO. The van der Waals surface area contributed by atoms with Gasteiger partial charge in [-0.15, -0.1) is 0 Å². The Kier molecular flexibility index (Phi) is 1.75. The molecular weight excluding hydrogens is 191 g/mol. The molecule has 0 radical (unpaired) electrons. The lowest BCUT2D eigenvalue weighted by molar-refractivity contribution is -0.00707. The van der Waals surface area contributed by atoms with Crippen molar-refractivity contribution in [3.8, 4) is 16.9 Å². The van der Waals surface area contributed by atoms with Gasteiger partial charge in [-0.05, 0) is 22.8 Å². The predicted octanol–water partition coefficient (Wildman–Crippen LogP) is 3.52. The molecule has 2 aromatic carbocycles. The van der Waals surface area contributed by atoms with Crippen LogP contribution in [0.5, 0.6) is 5.75 Å². The molecule has 3 rings (SSSR count). The van der Waals surface area contributed by atoms with Crippen LogP contribution in [0, 0.1) is 0 Å². The van der Waals surface area contributed by atoms with Gasteiger partial charge in [0, 0.05) is 16.5 Å². The minimum atomic E-state index is 0.337. The topological polar surface area (TPSA) is 9.23 Å². The molecule has 1 aliphatic rings. The average molecular weight is 200 g/mol. The summed E-state index contributed by atoms with van der Waals surface area (Å²) in [6.45, 7) is 0. The van der Waals surface area contributed by atoms with Gasteiger partial charge in [0.05, 0.1) is 0 Å². The summed E-state index contributed by atoms with van der Waals surface area (Å²) in [5, 5.41) is 0. The summed E-state index contributed by atoms with van der Waals surface area (Å²) < 4.78 is 12.3. The molecule has 2 aromatic rings. The highest BCUT2D eigenvalue weighted by atomic mass is 19.3. The standard InChI is InChI=1S/C13H9FO/c14-15-13-7-3-6-11-10-5-2-1-4-9(10)8-12(11)13/h1-7H,8H2. The van der Waals surface area contributed by atoms with E-state index in [0.717, 1.165) is 17.5 Å². The summed E-state index contributed by atoms with van der Waals surface area (Å²) in [6.07, 6.45) is 0.756. The molecule has 0 heterocycles. The summed E-state index contributed by atoms with van der Waals surface area (Å²) in [5.74, 6) is 0.337. The Labute approximate surface area is 87.0 Å². The van der Waals surface area contributed by atoms with Crippen molar-refractivity contribution in [3.63, 3.8) is 0 Å². The summed E-state index contributed by atoms with van der Waals surface area (Å²) >= 11 is 0. The van der Waals surface area contributed by atoms with Crippen LogP contribution in [0.15, 0.2) is 42.5 Å². The number of hydrogen-bond acceptors (Lipinski definition) is 1. The van der Waals surface area contributed by atoms with Crippen molar-refractivity contribution in [2.75, 3.05) is 0 Å². The minimum absolute atomic E-state index is 0.337. The molecule has 0 amide bonds. The first-order valence-corrected chi connectivity index (χ1v) is 4.89. The molecule has 1 nitrogen and oxygen atoms in total. The van der Waals surface area contributed by atoms with Gasteiger partial charge in [-0.2, -0.15) is 0 Å². The molecule has 0 spiro atoms. The second-order valence-corrected chi connectivity index (χ2v) is 3.69. The Morgan fingerprint density at radius 1 is 0.933 bits per heavy atom. The third kappa shape index (κ3) is 1.14. The number of hydrogen-bond donors (Lipinski definition) is 0. The molecule has 74 valence electrons. The van der Waals surface area contributed by atoms with Crippen LogP contribution in [0.25, 0.3) is 11.1 Å². The molecule has 0 aromatic heterocycles. The van der Waals surface area contributed by atoms with E-state index >= 15 is 0 Å². The van der Waals surface area contributed by atoms with Crippen LogP contribution in [0.4, 0.5) is 4.53 Å². The van der Waals surface area contributed by atoms with Gasteiger partial charge in [-0.3, -0.25) is 4.94 Å². The lowest BCUT2D eigenvalue weighted by Crippen LogP contribution is -1.86. The maximum Gasteiger partial charge on any atom is 0.176 e. The fourth-order valence-electron chi connectivity index (χ4n) is 2.20. The maximum atomic E-state index is 12.3. The molecule has 0 N–H and O–H groups in total. The van der Waals surface area contributed by atoms with Crippen LogP contribution in [0.1, 0.15) is 11.1 Å². The van der Waals surface area contributed by atoms with Gasteiger partial charge in [0.2, 0.25) is 0 Å². The first-order valence-electron chi connectivity index (χ1n) is 4.89. The Hall–Kier alpha value is -1.83. The molecule has 0 bridgehead atoms. The zero-order chi connectivity index (χ0) is 10.3. The molecule has 0 saturated carbocycles. The van der Waals surface area contributed by atoms with Crippen LogP contribution in [0.2, 0.25) is 0 Å². The van der Waals surface area contributed by atoms with Crippen LogP contribution in [0.3, 0.4) is 0 Å². The second-order valence-electron chi connectivity index (χ2n) is 3.69. The van der Waals surface area contributed by atoms with E-state index in [1.165, 1.54) is 11.1 Å². The maximum absolute atomic E-state index is 12.3. The van der Waals surface area contributed by atoms with E-state index in [-0.39, 0.29) is 0 Å². The zero-order valence-corrected chi connectivity index (χ0v) is 8.03. The highest BCUT2D eigenvalue weighted by Gasteiger charge is 2.21. The van der Waals surface area contributed by atoms with Crippen LogP contribution in [-0.4, -0.2) is 0 Å². The van der Waals surface area contributed by atoms with Gasteiger partial charge in [-0.1, -0.05) is 36.4 Å². The van der Waals surface area contributed by atoms with Gasteiger partial charge in [-0.25, -0.2) is 0 Å². The van der Waals surface area contributed by atoms with Crippen LogP contribution >= 0.6 is 0 Å². The predicted molar refractivity (Wildman–Crippen MR) is 56.4 cm³/mol. The van der Waals surface area contributed by atoms with Gasteiger partial charge in [0.25, 0.3) is 0 Å². The molecule has 0 aliphatic heterocycles. The average Bonchev–Trinajstić information content (AvgIpc) is 2.67. The van der Waals surface area contributed by atoms with Crippen molar-refractivity contribution in [2.24, 2.45) is 0 Å². The molecule has 0 atom stereocenters. The quantitative estimate of drug-likeness (QED) is 0.584. The Bertz CT molecular complexity index is 520. The SMILES string of the molecule is FOc1cccc2c1Cc1ccccc1-2. The lowest BCUT2D eigenvalue weighted by Gasteiger charge is -2.02. The highest BCUT2D eigenvalue weighted by molar-refractivity contribution is 5.78. The summed E-state index contributed by atoms with van der Waals surface area (Å²) in [4.78, 5) is 3.89. The number of benzene rings is 2. The highest BCUT2D eigenvalue weighted by Crippen LogP contribution is 2.40. The van der Waals surface area contributed by atoms with Crippen molar-refractivity contribution in [2.45, 2.75) is 6.42 Å². The van der Waals surface area contributed by atoms with Crippen molar-refractivity contribution in [3.05, 3.63) is 53.6 Å². The fourth-order valence-corrected chi connectivity index (χ4v) is 2.20.